The molecule has 3 rings (SSSR count). The first kappa shape index (κ1) is 27.4. The number of carbonyl (C=O) groups is 2. The first-order valence-electron chi connectivity index (χ1n) is 11.2. The summed E-state index contributed by atoms with van der Waals surface area (Å²) in [7, 11) is 0. The molecule has 0 aliphatic rings. The summed E-state index contributed by atoms with van der Waals surface area (Å²) < 4.78 is 13.0. The van der Waals surface area contributed by atoms with Gasteiger partial charge in [0.05, 0.1) is 6.21 Å². The molecule has 0 spiro atoms. The molecule has 0 radical (unpaired) electrons. The second-order valence-corrected chi connectivity index (χ2v) is 9.99. The van der Waals surface area contributed by atoms with Crippen LogP contribution in [0.4, 0.5) is 0 Å². The lowest BCUT2D eigenvalue weighted by atomic mass is 10.0. The Morgan fingerprint density at radius 1 is 1.03 bits per heavy atom. The number of nitrogens with zero attached hydrogens (tertiary/aromatic N) is 1. The van der Waals surface area contributed by atoms with Crippen LogP contribution >= 0.6 is 31.9 Å². The van der Waals surface area contributed by atoms with Crippen molar-refractivity contribution in [1.82, 2.24) is 5.43 Å². The Morgan fingerprint density at radius 2 is 1.78 bits per heavy atom. The van der Waals surface area contributed by atoms with Gasteiger partial charge < -0.3 is 9.47 Å². The molecule has 0 aromatic heterocycles. The van der Waals surface area contributed by atoms with Crippen molar-refractivity contribution in [3.05, 3.63) is 97.9 Å². The van der Waals surface area contributed by atoms with Crippen molar-refractivity contribution in [3.8, 4) is 11.5 Å². The van der Waals surface area contributed by atoms with E-state index in [-0.39, 0.29) is 12.5 Å². The normalized spacial score (nSPS) is 11.3. The molecular weight excluding hydrogens is 588 g/mol. The van der Waals surface area contributed by atoms with E-state index in [1.807, 2.05) is 49.4 Å². The molecule has 3 aromatic carbocycles. The van der Waals surface area contributed by atoms with Crippen LogP contribution in [-0.2, 0) is 9.59 Å². The molecule has 0 saturated carbocycles. The smallest absolute Gasteiger partial charge is 0.336 e. The van der Waals surface area contributed by atoms with Gasteiger partial charge >= 0.3 is 5.97 Å². The summed E-state index contributed by atoms with van der Waals surface area (Å²) >= 11 is 6.94. The molecule has 0 atom stereocenters. The summed E-state index contributed by atoms with van der Waals surface area (Å²) in [6, 6.07) is 18.5. The Labute approximate surface area is 227 Å². The van der Waals surface area contributed by atoms with E-state index in [0.29, 0.717) is 17.1 Å². The largest absolute Gasteiger partial charge is 0.483 e. The average molecular weight is 614 g/mol. The topological polar surface area (TPSA) is 77.0 Å². The first-order valence-corrected chi connectivity index (χ1v) is 12.8. The fraction of sp³-hybridized carbons (Fsp3) is 0.179. The molecule has 3 aromatic rings. The van der Waals surface area contributed by atoms with Crippen LogP contribution < -0.4 is 14.9 Å². The van der Waals surface area contributed by atoms with Crippen molar-refractivity contribution in [1.29, 1.82) is 0 Å². The SMILES string of the molecule is Cc1cc(OCC(=O)N/N=C\c2cc(Br)ccc2OC(=O)/C=C/c2ccccc2)c(C(C)C)cc1Br. The number of hydrazone groups is 1. The van der Waals surface area contributed by atoms with E-state index in [0.717, 1.165) is 25.6 Å². The maximum atomic E-state index is 12.3. The van der Waals surface area contributed by atoms with Crippen molar-refractivity contribution >= 4 is 56.0 Å². The molecule has 0 fully saturated rings. The number of benzene rings is 3. The van der Waals surface area contributed by atoms with Gasteiger partial charge in [-0.15, -0.1) is 0 Å². The maximum Gasteiger partial charge on any atom is 0.336 e. The highest BCUT2D eigenvalue weighted by atomic mass is 79.9. The first-order chi connectivity index (χ1) is 17.2. The lowest BCUT2D eigenvalue weighted by molar-refractivity contribution is -0.129. The molecule has 0 aliphatic carbocycles. The van der Waals surface area contributed by atoms with E-state index in [2.05, 4.69) is 56.2 Å². The number of rotatable bonds is 9. The van der Waals surface area contributed by atoms with Gasteiger partial charge in [-0.1, -0.05) is 76.0 Å². The summed E-state index contributed by atoms with van der Waals surface area (Å²) in [5.41, 5.74) is 5.87. The van der Waals surface area contributed by atoms with Crippen LogP contribution in [0.15, 0.2) is 80.8 Å². The van der Waals surface area contributed by atoms with Gasteiger partial charge in [-0.3, -0.25) is 4.79 Å². The van der Waals surface area contributed by atoms with Crippen LogP contribution in [0.5, 0.6) is 11.5 Å². The van der Waals surface area contributed by atoms with Gasteiger partial charge in [0.25, 0.3) is 5.91 Å². The Morgan fingerprint density at radius 3 is 2.50 bits per heavy atom. The molecule has 0 aliphatic heterocycles. The standard InChI is InChI=1S/C28H26Br2N2O4/c1-18(2)23-15-24(30)19(3)13-26(23)35-17-27(33)32-31-16-21-14-22(29)10-11-25(21)36-28(34)12-9-20-7-5-4-6-8-20/h4-16,18H,17H2,1-3H3,(H,32,33)/b12-9+,31-16-. The lowest BCUT2D eigenvalue weighted by Gasteiger charge is -2.15. The highest BCUT2D eigenvalue weighted by Gasteiger charge is 2.13. The van der Waals surface area contributed by atoms with Crippen LogP contribution in [0.2, 0.25) is 0 Å². The quantitative estimate of drug-likeness (QED) is 0.0947. The molecule has 0 saturated heterocycles. The third kappa shape index (κ3) is 8.17. The molecular formula is C28H26Br2N2O4. The molecule has 0 unspecified atom stereocenters. The van der Waals surface area contributed by atoms with Gasteiger partial charge in [0, 0.05) is 20.6 Å². The Hall–Kier alpha value is -3.23. The van der Waals surface area contributed by atoms with Gasteiger partial charge in [0.15, 0.2) is 6.61 Å². The van der Waals surface area contributed by atoms with E-state index in [1.54, 1.807) is 24.3 Å². The second-order valence-electron chi connectivity index (χ2n) is 8.22. The Bertz CT molecular complexity index is 1290. The van der Waals surface area contributed by atoms with Crippen LogP contribution in [0, 0.1) is 6.92 Å². The fourth-order valence-electron chi connectivity index (χ4n) is 3.18. The molecule has 8 heteroatoms. The predicted molar refractivity (Wildman–Crippen MR) is 149 cm³/mol. The number of esters is 1. The zero-order valence-electron chi connectivity index (χ0n) is 20.1. The number of nitrogens with one attached hydrogen (secondary N) is 1. The minimum atomic E-state index is -0.529. The summed E-state index contributed by atoms with van der Waals surface area (Å²) in [6.45, 7) is 5.90. The second kappa shape index (κ2) is 13.2. The van der Waals surface area contributed by atoms with Gasteiger partial charge in [-0.25, -0.2) is 10.2 Å². The molecule has 186 valence electrons. The zero-order valence-corrected chi connectivity index (χ0v) is 23.3. The van der Waals surface area contributed by atoms with Crippen LogP contribution in [-0.4, -0.2) is 24.7 Å². The fourth-order valence-corrected chi connectivity index (χ4v) is 3.92. The van der Waals surface area contributed by atoms with Crippen molar-refractivity contribution in [2.24, 2.45) is 5.10 Å². The summed E-state index contributed by atoms with van der Waals surface area (Å²) in [4.78, 5) is 24.6. The molecule has 0 bridgehead atoms. The molecule has 1 amide bonds. The maximum absolute atomic E-state index is 12.3. The minimum absolute atomic E-state index is 0.192. The number of ether oxygens (including phenoxy) is 2. The Kier molecular flexibility index (Phi) is 10.0. The van der Waals surface area contributed by atoms with Crippen molar-refractivity contribution in [2.75, 3.05) is 6.61 Å². The number of halogens is 2. The highest BCUT2D eigenvalue weighted by molar-refractivity contribution is 9.10. The molecule has 0 heterocycles. The van der Waals surface area contributed by atoms with Crippen molar-refractivity contribution in [2.45, 2.75) is 26.7 Å². The monoisotopic (exact) mass is 612 g/mol. The predicted octanol–water partition coefficient (Wildman–Crippen LogP) is 6.79. The number of carbonyl (C=O) groups excluding carboxylic acids is 2. The third-order valence-electron chi connectivity index (χ3n) is 5.06. The minimum Gasteiger partial charge on any atom is -0.483 e. The zero-order chi connectivity index (χ0) is 26.1. The van der Waals surface area contributed by atoms with Gasteiger partial charge in [-0.2, -0.15) is 5.10 Å². The van der Waals surface area contributed by atoms with Gasteiger partial charge in [0.2, 0.25) is 0 Å². The molecule has 1 N–H and O–H groups in total. The van der Waals surface area contributed by atoms with Crippen molar-refractivity contribution in [3.63, 3.8) is 0 Å². The van der Waals surface area contributed by atoms with Gasteiger partial charge in [-0.05, 0) is 65.9 Å². The van der Waals surface area contributed by atoms with E-state index in [1.165, 1.54) is 12.3 Å². The van der Waals surface area contributed by atoms with E-state index >= 15 is 0 Å². The summed E-state index contributed by atoms with van der Waals surface area (Å²) in [5.74, 6) is 0.259. The van der Waals surface area contributed by atoms with Crippen LogP contribution in [0.25, 0.3) is 6.08 Å². The van der Waals surface area contributed by atoms with E-state index in [9.17, 15) is 9.59 Å². The third-order valence-corrected chi connectivity index (χ3v) is 6.41. The Balaban J connectivity index is 1.61. The highest BCUT2D eigenvalue weighted by Crippen LogP contribution is 2.32. The van der Waals surface area contributed by atoms with E-state index < -0.39 is 11.9 Å². The lowest BCUT2D eigenvalue weighted by Crippen LogP contribution is -2.25. The number of aryl methyl sites for hydroxylation is 1. The van der Waals surface area contributed by atoms with Gasteiger partial charge in [0.1, 0.15) is 11.5 Å². The number of hydrogen-bond acceptors (Lipinski definition) is 5. The molecule has 6 nitrogen and oxygen atoms in total. The number of hydrogen-bond donors (Lipinski definition) is 1. The summed E-state index contributed by atoms with van der Waals surface area (Å²) in [6.07, 6.45) is 4.44. The number of amides is 1. The molecule has 36 heavy (non-hydrogen) atoms. The van der Waals surface area contributed by atoms with Crippen LogP contribution in [0.3, 0.4) is 0 Å². The van der Waals surface area contributed by atoms with Crippen LogP contribution in [0.1, 0.15) is 42.0 Å². The van der Waals surface area contributed by atoms with Crippen molar-refractivity contribution < 1.29 is 19.1 Å². The summed E-state index contributed by atoms with van der Waals surface area (Å²) in [5, 5.41) is 4.00. The average Bonchev–Trinajstić information content (AvgIpc) is 2.85. The van der Waals surface area contributed by atoms with E-state index in [4.69, 9.17) is 9.47 Å².